The highest BCUT2D eigenvalue weighted by Crippen LogP contribution is 2.39. The summed E-state index contributed by atoms with van der Waals surface area (Å²) in [4.78, 5) is 34.6. The van der Waals surface area contributed by atoms with Crippen LogP contribution in [0.1, 0.15) is 62.9 Å². The lowest BCUT2D eigenvalue weighted by atomic mass is 9.83. The number of ether oxygens (including phenoxy) is 1. The molecule has 0 radical (unpaired) electrons. The summed E-state index contributed by atoms with van der Waals surface area (Å²) in [5, 5.41) is 10.0. The molecular weight excluding hydrogens is 616 g/mol. The maximum atomic E-state index is 11.5. The molecule has 47 heavy (non-hydrogen) atoms. The SMILES string of the molecule is CC1CCC(Cn2c(N3CCOCC3c3ccccc3)nc3nc(C(N)=NC(=O)O)nc(-c4cc(Cl)cc(N5CCCC5)c4)c32)CC1. The number of nitrogens with zero attached hydrogens (tertiary/aromatic N) is 7. The van der Waals surface area contributed by atoms with Crippen LogP contribution in [-0.2, 0) is 11.3 Å². The van der Waals surface area contributed by atoms with Crippen molar-refractivity contribution < 1.29 is 14.6 Å². The Morgan fingerprint density at radius 3 is 2.55 bits per heavy atom. The fourth-order valence-electron chi connectivity index (χ4n) is 7.32. The van der Waals surface area contributed by atoms with E-state index in [4.69, 9.17) is 37.0 Å². The van der Waals surface area contributed by atoms with Crippen LogP contribution in [0.25, 0.3) is 22.4 Å². The fraction of sp³-hybridized carbons (Fsp3) is 0.457. The maximum Gasteiger partial charge on any atom is 0.433 e. The lowest BCUT2D eigenvalue weighted by Crippen LogP contribution is -2.41. The predicted molar refractivity (Wildman–Crippen MR) is 184 cm³/mol. The lowest BCUT2D eigenvalue weighted by molar-refractivity contribution is 0.0927. The number of amidine groups is 1. The summed E-state index contributed by atoms with van der Waals surface area (Å²) in [6, 6.07) is 16.3. The molecule has 7 rings (SSSR count). The van der Waals surface area contributed by atoms with E-state index >= 15 is 0 Å². The first-order valence-corrected chi connectivity index (χ1v) is 17.0. The van der Waals surface area contributed by atoms with E-state index in [1.54, 1.807) is 0 Å². The van der Waals surface area contributed by atoms with Gasteiger partial charge in [-0.2, -0.15) is 9.98 Å². The van der Waals surface area contributed by atoms with Gasteiger partial charge < -0.3 is 29.9 Å². The summed E-state index contributed by atoms with van der Waals surface area (Å²) in [6.07, 6.45) is 5.50. The zero-order valence-electron chi connectivity index (χ0n) is 26.7. The van der Waals surface area contributed by atoms with Gasteiger partial charge in [0.1, 0.15) is 11.2 Å². The number of rotatable bonds is 7. The second-order valence-corrected chi connectivity index (χ2v) is 13.5. The monoisotopic (exact) mass is 656 g/mol. The van der Waals surface area contributed by atoms with Crippen molar-refractivity contribution in [1.82, 2.24) is 19.5 Å². The quantitative estimate of drug-likeness (QED) is 0.168. The smallest absolute Gasteiger partial charge is 0.433 e. The van der Waals surface area contributed by atoms with Crippen LogP contribution >= 0.6 is 11.6 Å². The van der Waals surface area contributed by atoms with Crippen LogP contribution in [0.15, 0.2) is 53.5 Å². The van der Waals surface area contributed by atoms with Gasteiger partial charge in [0.15, 0.2) is 17.3 Å². The second kappa shape index (κ2) is 13.5. The van der Waals surface area contributed by atoms with Crippen LogP contribution in [0.5, 0.6) is 0 Å². The first kappa shape index (κ1) is 31.4. The summed E-state index contributed by atoms with van der Waals surface area (Å²) >= 11 is 6.78. The van der Waals surface area contributed by atoms with Gasteiger partial charge in [0, 0.05) is 42.5 Å². The molecule has 0 bridgehead atoms. The molecule has 1 aliphatic carbocycles. The van der Waals surface area contributed by atoms with E-state index in [-0.39, 0.29) is 17.7 Å². The van der Waals surface area contributed by atoms with Crippen LogP contribution in [0.2, 0.25) is 5.02 Å². The highest BCUT2D eigenvalue weighted by atomic mass is 35.5. The fourth-order valence-corrected chi connectivity index (χ4v) is 7.55. The van der Waals surface area contributed by atoms with Gasteiger partial charge in [0.2, 0.25) is 5.95 Å². The van der Waals surface area contributed by atoms with Gasteiger partial charge in [-0.3, -0.25) is 0 Å². The first-order valence-electron chi connectivity index (χ1n) is 16.6. The van der Waals surface area contributed by atoms with E-state index in [0.29, 0.717) is 42.0 Å². The number of fused-ring (bicyclic) bond motifs is 1. The van der Waals surface area contributed by atoms with E-state index in [0.717, 1.165) is 79.5 Å². The van der Waals surface area contributed by atoms with E-state index in [1.807, 2.05) is 30.3 Å². The number of imidazole rings is 1. The standard InChI is InChI=1S/C35H41ClN8O3/c1-22-9-11-23(12-10-22)20-44-30-29(25-17-26(36)19-27(18-25)42-13-5-6-14-42)38-33(31(37)39-35(45)46)40-32(30)41-34(44)43-15-16-47-21-28(43)24-7-3-2-4-8-24/h2-4,7-8,17-19,22-23,28H,5-6,9-16,20-21H2,1H3,(H2,37,39)(H,45,46). The lowest BCUT2D eigenvalue weighted by Gasteiger charge is -2.37. The second-order valence-electron chi connectivity index (χ2n) is 13.1. The molecule has 2 saturated heterocycles. The number of aromatic nitrogens is 4. The van der Waals surface area contributed by atoms with E-state index in [9.17, 15) is 9.90 Å². The number of hydrogen-bond donors (Lipinski definition) is 2. The number of halogens is 1. The summed E-state index contributed by atoms with van der Waals surface area (Å²) in [7, 11) is 0. The van der Waals surface area contributed by atoms with Crippen molar-refractivity contribution in [3.8, 4) is 11.3 Å². The minimum atomic E-state index is -1.41. The molecule has 2 aliphatic heterocycles. The van der Waals surface area contributed by atoms with E-state index < -0.39 is 6.09 Å². The molecule has 4 heterocycles. The Hall–Kier alpha value is -4.22. The van der Waals surface area contributed by atoms with Crippen molar-refractivity contribution in [2.24, 2.45) is 22.6 Å². The number of carbonyl (C=O) groups is 1. The molecule has 0 spiro atoms. The van der Waals surface area contributed by atoms with Crippen molar-refractivity contribution in [2.75, 3.05) is 42.6 Å². The van der Waals surface area contributed by atoms with E-state index in [1.165, 1.54) is 12.8 Å². The van der Waals surface area contributed by atoms with Gasteiger partial charge in [0.05, 0.1) is 19.3 Å². The number of carboxylic acid groups (broad SMARTS) is 1. The van der Waals surface area contributed by atoms with Gasteiger partial charge in [-0.15, -0.1) is 0 Å². The molecule has 1 unspecified atom stereocenters. The van der Waals surface area contributed by atoms with Gasteiger partial charge >= 0.3 is 6.09 Å². The Balaban J connectivity index is 1.45. The zero-order chi connectivity index (χ0) is 32.5. The summed E-state index contributed by atoms with van der Waals surface area (Å²) in [5.41, 5.74) is 11.0. The number of benzene rings is 2. The van der Waals surface area contributed by atoms with Crippen molar-refractivity contribution in [2.45, 2.75) is 58.0 Å². The van der Waals surface area contributed by atoms with Crippen LogP contribution in [0.3, 0.4) is 0 Å². The molecule has 2 aromatic carbocycles. The van der Waals surface area contributed by atoms with Gasteiger partial charge in [0.25, 0.3) is 0 Å². The Morgan fingerprint density at radius 1 is 1.04 bits per heavy atom. The van der Waals surface area contributed by atoms with Crippen molar-refractivity contribution in [3.05, 3.63) is 64.9 Å². The highest BCUT2D eigenvalue weighted by molar-refractivity contribution is 6.31. The number of anilines is 2. The average Bonchev–Trinajstić information content (AvgIpc) is 3.74. The molecule has 4 aromatic rings. The third-order valence-corrected chi connectivity index (χ3v) is 10.0. The molecule has 1 amide bonds. The Kier molecular flexibility index (Phi) is 9.00. The predicted octanol–water partition coefficient (Wildman–Crippen LogP) is 6.53. The molecule has 3 aliphatic rings. The van der Waals surface area contributed by atoms with Crippen molar-refractivity contribution in [1.29, 1.82) is 0 Å². The molecule has 246 valence electrons. The van der Waals surface area contributed by atoms with Crippen LogP contribution in [0, 0.1) is 11.8 Å². The Labute approximate surface area is 279 Å². The minimum Gasteiger partial charge on any atom is -0.463 e. The van der Waals surface area contributed by atoms with Gasteiger partial charge in [-0.05, 0) is 61.3 Å². The molecule has 1 atom stereocenters. The van der Waals surface area contributed by atoms with Crippen LogP contribution in [0.4, 0.5) is 16.4 Å². The third-order valence-electron chi connectivity index (χ3n) is 9.80. The molecule has 3 N–H and O–H groups in total. The molecule has 2 aromatic heterocycles. The highest BCUT2D eigenvalue weighted by Gasteiger charge is 2.32. The topological polar surface area (TPSA) is 135 Å². The summed E-state index contributed by atoms with van der Waals surface area (Å²) < 4.78 is 8.29. The summed E-state index contributed by atoms with van der Waals surface area (Å²) in [5.74, 6) is 1.71. The third kappa shape index (κ3) is 6.64. The number of amides is 1. The molecular formula is C35H41ClN8O3. The maximum absolute atomic E-state index is 11.5. The van der Waals surface area contributed by atoms with E-state index in [2.05, 4.69) is 44.5 Å². The summed E-state index contributed by atoms with van der Waals surface area (Å²) in [6.45, 7) is 6.77. The Bertz CT molecular complexity index is 1780. The average molecular weight is 657 g/mol. The number of nitrogens with two attached hydrogens (primary N) is 1. The normalized spacial score (nSPS) is 22.3. The minimum absolute atomic E-state index is 0.0156. The molecule has 1 saturated carbocycles. The largest absolute Gasteiger partial charge is 0.463 e. The van der Waals surface area contributed by atoms with Crippen molar-refractivity contribution >= 4 is 46.3 Å². The van der Waals surface area contributed by atoms with Gasteiger partial charge in [-0.25, -0.2) is 14.8 Å². The molecule has 11 nitrogen and oxygen atoms in total. The zero-order valence-corrected chi connectivity index (χ0v) is 27.4. The first-order chi connectivity index (χ1) is 22.8. The van der Waals surface area contributed by atoms with Crippen LogP contribution in [-0.4, -0.2) is 69.4 Å². The molecule has 3 fully saturated rings. The number of morpholine rings is 1. The molecule has 12 heteroatoms. The Morgan fingerprint density at radius 2 is 1.81 bits per heavy atom. The van der Waals surface area contributed by atoms with Crippen molar-refractivity contribution in [3.63, 3.8) is 0 Å². The van der Waals surface area contributed by atoms with Gasteiger partial charge in [-0.1, -0.05) is 61.7 Å². The van der Waals surface area contributed by atoms with Crippen LogP contribution < -0.4 is 15.5 Å². The number of aliphatic imine (C=N–C) groups is 1. The number of hydrogen-bond acceptors (Lipinski definition) is 7.